The summed E-state index contributed by atoms with van der Waals surface area (Å²) in [6.45, 7) is 5.53. The van der Waals surface area contributed by atoms with Crippen molar-refractivity contribution in [3.63, 3.8) is 0 Å². The molecule has 0 aliphatic carbocycles. The number of ketones is 3. The first-order valence-corrected chi connectivity index (χ1v) is 11.2. The molecule has 0 aromatic rings. The van der Waals surface area contributed by atoms with Crippen LogP contribution in [-0.4, -0.2) is 39.6 Å². The lowest BCUT2D eigenvalue weighted by Crippen LogP contribution is -2.52. The number of aliphatic hydroxyl groups excluding tert-OH is 1. The fraction of sp³-hybridized carbons (Fsp3) is 0.750. The Morgan fingerprint density at radius 3 is 1.90 bits per heavy atom. The van der Waals surface area contributed by atoms with E-state index in [0.717, 1.165) is 52.4 Å². The zero-order valence-corrected chi connectivity index (χ0v) is 19.1. The van der Waals surface area contributed by atoms with E-state index in [-0.39, 0.29) is 12.5 Å². The van der Waals surface area contributed by atoms with Crippen molar-refractivity contribution in [1.29, 1.82) is 0 Å². The first-order chi connectivity index (χ1) is 14.1. The van der Waals surface area contributed by atoms with Gasteiger partial charge in [0.05, 0.1) is 6.10 Å². The quantitative estimate of drug-likeness (QED) is 0.188. The molecule has 0 saturated heterocycles. The highest BCUT2D eigenvalue weighted by Crippen LogP contribution is 2.35. The topological polar surface area (TPSA) is 109 Å². The summed E-state index contributed by atoms with van der Waals surface area (Å²) in [6.07, 6.45) is 13.0. The fourth-order valence-corrected chi connectivity index (χ4v) is 4.00. The summed E-state index contributed by atoms with van der Waals surface area (Å²) in [5.74, 6) is -4.71. The Morgan fingerprint density at radius 1 is 0.833 bits per heavy atom. The number of carbonyl (C=O) groups excluding carboxylic acids is 3. The Morgan fingerprint density at radius 2 is 1.40 bits per heavy atom. The second-order valence-electron chi connectivity index (χ2n) is 8.24. The maximum absolute atomic E-state index is 12.1. The van der Waals surface area contributed by atoms with Gasteiger partial charge in [0, 0.05) is 5.92 Å². The molecule has 2 atom stereocenters. The van der Waals surface area contributed by atoms with Gasteiger partial charge in [0.2, 0.25) is 0 Å². The molecule has 0 bridgehead atoms. The average Bonchev–Trinajstić information content (AvgIpc) is 2.65. The highest BCUT2D eigenvalue weighted by molar-refractivity contribution is 6.23. The molecular formula is C24H40O6. The van der Waals surface area contributed by atoms with Crippen molar-refractivity contribution < 1.29 is 29.4 Å². The summed E-state index contributed by atoms with van der Waals surface area (Å²) >= 11 is 0. The van der Waals surface area contributed by atoms with Gasteiger partial charge in [-0.15, -0.1) is 0 Å². The van der Waals surface area contributed by atoms with Crippen LogP contribution in [0.1, 0.15) is 98.3 Å². The van der Waals surface area contributed by atoms with Crippen LogP contribution in [0.25, 0.3) is 0 Å². The third kappa shape index (κ3) is 8.90. The minimum absolute atomic E-state index is 0.195. The number of aliphatic hydroxyl groups is 1. The van der Waals surface area contributed by atoms with Crippen LogP contribution in [0.4, 0.5) is 0 Å². The van der Waals surface area contributed by atoms with Crippen molar-refractivity contribution in [3.05, 3.63) is 12.2 Å². The highest BCUT2D eigenvalue weighted by Gasteiger charge is 2.55. The van der Waals surface area contributed by atoms with Gasteiger partial charge in [0.25, 0.3) is 0 Å². The van der Waals surface area contributed by atoms with Gasteiger partial charge in [-0.25, -0.2) is 0 Å². The number of allylic oxidation sites excluding steroid dienone is 1. The summed E-state index contributed by atoms with van der Waals surface area (Å²) < 4.78 is 0. The van der Waals surface area contributed by atoms with Crippen LogP contribution in [0.2, 0.25) is 0 Å². The van der Waals surface area contributed by atoms with Crippen LogP contribution >= 0.6 is 0 Å². The summed E-state index contributed by atoms with van der Waals surface area (Å²) in [5, 5.41) is 19.5. The molecule has 0 saturated carbocycles. The van der Waals surface area contributed by atoms with Gasteiger partial charge >= 0.3 is 5.97 Å². The number of carboxylic acids is 1. The molecule has 0 aromatic heterocycles. The molecule has 0 aromatic carbocycles. The van der Waals surface area contributed by atoms with Gasteiger partial charge < -0.3 is 10.2 Å². The number of hydrogen-bond donors (Lipinski definition) is 2. The van der Waals surface area contributed by atoms with Gasteiger partial charge in [-0.1, -0.05) is 57.6 Å². The number of carboxylic acid groups (broad SMARTS) is 1. The molecule has 6 heteroatoms. The van der Waals surface area contributed by atoms with Gasteiger partial charge in [0.1, 0.15) is 5.78 Å². The van der Waals surface area contributed by atoms with Gasteiger partial charge in [-0.2, -0.15) is 0 Å². The van der Waals surface area contributed by atoms with E-state index in [4.69, 9.17) is 0 Å². The van der Waals surface area contributed by atoms with Crippen molar-refractivity contribution in [2.45, 2.75) is 104 Å². The second-order valence-corrected chi connectivity index (χ2v) is 8.24. The maximum atomic E-state index is 12.1. The van der Waals surface area contributed by atoms with E-state index in [1.54, 1.807) is 0 Å². The highest BCUT2D eigenvalue weighted by atomic mass is 16.4. The lowest BCUT2D eigenvalue weighted by atomic mass is 9.66. The molecule has 0 rings (SSSR count). The van der Waals surface area contributed by atoms with Crippen LogP contribution in [0.5, 0.6) is 0 Å². The standard InChI is InChI=1S/C24H40O6/c1-5-6-7-12-15-21(28)16-13-10-8-9-11-14-17-22(18(2)25)24(19(3)26,20(4)27)23(29)30/h10,13,21-22,28H,5-9,11-12,14-17H2,1-4H3,(H,29,30)/t21-,22?/m1/s1. The summed E-state index contributed by atoms with van der Waals surface area (Å²) in [7, 11) is 0. The molecule has 0 aliphatic heterocycles. The molecule has 6 nitrogen and oxygen atoms in total. The van der Waals surface area contributed by atoms with E-state index in [1.165, 1.54) is 19.8 Å². The lowest BCUT2D eigenvalue weighted by Gasteiger charge is -2.31. The van der Waals surface area contributed by atoms with E-state index >= 15 is 0 Å². The van der Waals surface area contributed by atoms with E-state index < -0.39 is 34.7 Å². The zero-order chi connectivity index (χ0) is 23.2. The smallest absolute Gasteiger partial charge is 0.325 e. The van der Waals surface area contributed by atoms with Crippen LogP contribution < -0.4 is 0 Å². The Hall–Kier alpha value is -1.82. The monoisotopic (exact) mass is 424 g/mol. The predicted molar refractivity (Wildman–Crippen MR) is 117 cm³/mol. The fourth-order valence-electron chi connectivity index (χ4n) is 4.00. The van der Waals surface area contributed by atoms with Crippen LogP contribution in [0.15, 0.2) is 12.2 Å². The average molecular weight is 425 g/mol. The SMILES string of the molecule is CCCCCC[C@@H](O)CC=CCCCCCC(C(C)=O)C(C(C)=O)(C(C)=O)C(=O)O. The number of unbranched alkanes of at least 4 members (excludes halogenated alkanes) is 6. The number of carbonyl (C=O) groups is 4. The molecule has 172 valence electrons. The molecule has 0 aliphatic rings. The molecule has 1 unspecified atom stereocenters. The molecule has 0 heterocycles. The lowest BCUT2D eigenvalue weighted by molar-refractivity contribution is -0.165. The second kappa shape index (κ2) is 15.1. The number of rotatable bonds is 18. The van der Waals surface area contributed by atoms with Crippen molar-refractivity contribution in [3.8, 4) is 0 Å². The van der Waals surface area contributed by atoms with Gasteiger partial charge in [0.15, 0.2) is 17.0 Å². The molecule has 30 heavy (non-hydrogen) atoms. The van der Waals surface area contributed by atoms with Crippen molar-refractivity contribution >= 4 is 23.3 Å². The number of hydrogen-bond acceptors (Lipinski definition) is 5. The summed E-state index contributed by atoms with van der Waals surface area (Å²) in [5.41, 5.74) is -2.28. The third-order valence-corrected chi connectivity index (χ3v) is 5.79. The molecular weight excluding hydrogens is 384 g/mol. The van der Waals surface area contributed by atoms with E-state index in [2.05, 4.69) is 6.92 Å². The Bertz CT molecular complexity index is 556. The van der Waals surface area contributed by atoms with Crippen LogP contribution in [-0.2, 0) is 19.2 Å². The largest absolute Gasteiger partial charge is 0.480 e. The molecule has 0 spiro atoms. The van der Waals surface area contributed by atoms with Crippen molar-refractivity contribution in [2.24, 2.45) is 11.3 Å². The van der Waals surface area contributed by atoms with E-state index in [1.807, 2.05) is 12.2 Å². The Balaban J connectivity index is 4.45. The van der Waals surface area contributed by atoms with Crippen molar-refractivity contribution in [1.82, 2.24) is 0 Å². The number of Topliss-reactive ketones (excluding diaryl/α,β-unsaturated/α-hetero) is 3. The van der Waals surface area contributed by atoms with Crippen LogP contribution in [0, 0.1) is 11.3 Å². The first kappa shape index (κ1) is 28.2. The Kier molecular flexibility index (Phi) is 14.1. The Labute approximate surface area is 181 Å². The summed E-state index contributed by atoms with van der Waals surface area (Å²) in [4.78, 5) is 48.0. The third-order valence-electron chi connectivity index (χ3n) is 5.79. The van der Waals surface area contributed by atoms with Gasteiger partial charge in [-0.3, -0.25) is 19.2 Å². The molecule has 0 fully saturated rings. The first-order valence-electron chi connectivity index (χ1n) is 11.2. The maximum Gasteiger partial charge on any atom is 0.325 e. The zero-order valence-electron chi connectivity index (χ0n) is 19.1. The van der Waals surface area contributed by atoms with Crippen LogP contribution in [0.3, 0.4) is 0 Å². The predicted octanol–water partition coefficient (Wildman–Crippen LogP) is 4.67. The van der Waals surface area contributed by atoms with Crippen molar-refractivity contribution in [2.75, 3.05) is 0 Å². The summed E-state index contributed by atoms with van der Waals surface area (Å²) in [6, 6.07) is 0. The number of aliphatic carboxylic acids is 1. The minimum Gasteiger partial charge on any atom is -0.480 e. The van der Waals surface area contributed by atoms with E-state index in [0.29, 0.717) is 12.8 Å². The van der Waals surface area contributed by atoms with Gasteiger partial charge in [-0.05, 0) is 52.9 Å². The minimum atomic E-state index is -2.28. The van der Waals surface area contributed by atoms with E-state index in [9.17, 15) is 29.4 Å². The molecule has 0 amide bonds. The molecule has 0 radical (unpaired) electrons. The normalized spacial score (nSPS) is 13.9. The molecule has 2 N–H and O–H groups in total.